The Hall–Kier alpha value is -2.73. The Balaban J connectivity index is 0.00000109. The van der Waals surface area contributed by atoms with Gasteiger partial charge in [-0.1, -0.05) is 38.1 Å². The molecule has 0 atom stereocenters. The average Bonchev–Trinajstić information content (AvgIpc) is 2.89. The number of hydrogen-bond acceptors (Lipinski definition) is 5. The van der Waals surface area contributed by atoms with Crippen molar-refractivity contribution < 1.29 is 13.4 Å². The second-order valence-corrected chi connectivity index (χ2v) is 5.45. The Kier molecular flexibility index (Phi) is 7.10. The zero-order chi connectivity index (χ0) is 18.1. The fraction of sp³-hybridized carbons (Fsp3) is 0.211. The van der Waals surface area contributed by atoms with Gasteiger partial charge < -0.3 is 13.4 Å². The maximum absolute atomic E-state index is 5.34. The van der Waals surface area contributed by atoms with Crippen molar-refractivity contribution in [2.24, 2.45) is 0 Å². The van der Waals surface area contributed by atoms with E-state index in [1.807, 2.05) is 68.5 Å². The largest absolute Gasteiger partial charge is 0.493 e. The number of hydrogen-bond donors (Lipinski definition) is 1. The molecule has 0 saturated carbocycles. The van der Waals surface area contributed by atoms with Crippen molar-refractivity contribution >= 4 is 34.0 Å². The van der Waals surface area contributed by atoms with Gasteiger partial charge in [-0.25, -0.2) is 4.98 Å². The molecule has 1 heterocycles. The molecule has 3 aromatic rings. The normalized spacial score (nSPS) is 10.2. The first-order valence-electron chi connectivity index (χ1n) is 7.97. The standard InChI is InChI=1S/C17H16N2O3S.C2H6/c1-20-14-9-7-12(11-15(14)21-2)8-10-17-18-13-5-3-4-6-16(13)23-22-19-17;1-2/h3-11H,1-2H3,(H,18,19);1-2H3/b10-8+;. The number of fused-ring (bicyclic) bond motifs is 1. The molecule has 3 rings (SSSR count). The molecule has 0 radical (unpaired) electrons. The first-order valence-corrected chi connectivity index (χ1v) is 8.71. The number of nitrogens with zero attached hydrogens (tertiary/aromatic N) is 1. The summed E-state index contributed by atoms with van der Waals surface area (Å²) in [5.74, 6) is 2.00. The summed E-state index contributed by atoms with van der Waals surface area (Å²) in [6.45, 7) is 4.00. The third-order valence-corrected chi connectivity index (χ3v) is 3.92. The molecule has 6 heteroatoms. The van der Waals surface area contributed by atoms with Gasteiger partial charge >= 0.3 is 0 Å². The van der Waals surface area contributed by atoms with E-state index in [0.29, 0.717) is 17.3 Å². The lowest BCUT2D eigenvalue weighted by atomic mass is 10.2. The van der Waals surface area contributed by atoms with E-state index in [9.17, 15) is 0 Å². The number of aromatic amines is 1. The molecule has 0 unspecified atom stereocenters. The van der Waals surface area contributed by atoms with Crippen LogP contribution in [0.25, 0.3) is 22.4 Å². The minimum Gasteiger partial charge on any atom is -0.493 e. The van der Waals surface area contributed by atoms with Gasteiger partial charge in [0.2, 0.25) is 0 Å². The molecule has 2 aromatic carbocycles. The number of nitrogens with one attached hydrogen (secondary N) is 1. The molecule has 0 spiro atoms. The highest BCUT2D eigenvalue weighted by Gasteiger charge is 2.02. The van der Waals surface area contributed by atoms with Crippen molar-refractivity contribution in [2.45, 2.75) is 13.8 Å². The smallest absolute Gasteiger partial charge is 0.162 e. The van der Waals surface area contributed by atoms with Crippen LogP contribution in [0.15, 0.2) is 46.4 Å². The maximum atomic E-state index is 5.34. The van der Waals surface area contributed by atoms with Gasteiger partial charge in [-0.05, 0) is 35.9 Å². The SMILES string of the molecule is CC.COc1ccc(/C=C/c2nc3ccccc3so[nH]2)cc1OC. The maximum Gasteiger partial charge on any atom is 0.162 e. The fourth-order valence-electron chi connectivity index (χ4n) is 2.08. The van der Waals surface area contributed by atoms with Crippen LogP contribution in [-0.2, 0) is 0 Å². The molecule has 0 bridgehead atoms. The third-order valence-electron chi connectivity index (χ3n) is 3.23. The second-order valence-electron chi connectivity index (χ2n) is 4.68. The molecule has 132 valence electrons. The van der Waals surface area contributed by atoms with Crippen molar-refractivity contribution in [1.29, 1.82) is 0 Å². The summed E-state index contributed by atoms with van der Waals surface area (Å²) in [5.41, 5.74) is 1.84. The van der Waals surface area contributed by atoms with Crippen LogP contribution in [-0.4, -0.2) is 24.4 Å². The van der Waals surface area contributed by atoms with Crippen LogP contribution in [0, 0.1) is 0 Å². The van der Waals surface area contributed by atoms with Crippen LogP contribution in [0.5, 0.6) is 11.5 Å². The minimum atomic E-state index is 0.622. The van der Waals surface area contributed by atoms with Crippen LogP contribution < -0.4 is 9.47 Å². The molecular formula is C19H22N2O3S. The predicted octanol–water partition coefficient (Wildman–Crippen LogP) is 5.56. The Morgan fingerprint density at radius 1 is 1.00 bits per heavy atom. The molecule has 0 saturated heterocycles. The van der Waals surface area contributed by atoms with Gasteiger partial charge in [0.1, 0.15) is 0 Å². The van der Waals surface area contributed by atoms with Gasteiger partial charge in [0.25, 0.3) is 0 Å². The Bertz CT molecular complexity index is 876. The summed E-state index contributed by atoms with van der Waals surface area (Å²) in [7, 11) is 3.23. The van der Waals surface area contributed by atoms with Crippen molar-refractivity contribution in [1.82, 2.24) is 10.1 Å². The summed E-state index contributed by atoms with van der Waals surface area (Å²) in [5, 5.41) is 2.82. The number of rotatable bonds is 4. The Morgan fingerprint density at radius 2 is 1.76 bits per heavy atom. The third kappa shape index (κ3) is 4.87. The van der Waals surface area contributed by atoms with E-state index >= 15 is 0 Å². The molecule has 25 heavy (non-hydrogen) atoms. The van der Waals surface area contributed by atoms with E-state index in [0.717, 1.165) is 15.8 Å². The molecule has 0 aliphatic carbocycles. The van der Waals surface area contributed by atoms with Crippen molar-refractivity contribution in [3.05, 3.63) is 53.9 Å². The first kappa shape index (κ1) is 18.6. The number of H-pyrrole nitrogens is 1. The zero-order valence-corrected chi connectivity index (χ0v) is 15.6. The van der Waals surface area contributed by atoms with E-state index in [1.54, 1.807) is 14.2 Å². The molecule has 0 fully saturated rings. The van der Waals surface area contributed by atoms with Crippen LogP contribution in [0.3, 0.4) is 0 Å². The molecular weight excluding hydrogens is 336 g/mol. The van der Waals surface area contributed by atoms with E-state index in [2.05, 4.69) is 10.1 Å². The molecule has 0 aliphatic heterocycles. The van der Waals surface area contributed by atoms with Crippen LogP contribution in [0.2, 0.25) is 0 Å². The number of aromatic nitrogens is 2. The highest BCUT2D eigenvalue weighted by molar-refractivity contribution is 7.10. The van der Waals surface area contributed by atoms with Crippen molar-refractivity contribution in [3.63, 3.8) is 0 Å². The fourth-order valence-corrected chi connectivity index (χ4v) is 2.63. The quantitative estimate of drug-likeness (QED) is 0.664. The van der Waals surface area contributed by atoms with Gasteiger partial charge in [0.05, 0.1) is 36.1 Å². The van der Waals surface area contributed by atoms with Gasteiger partial charge in [0, 0.05) is 0 Å². The Morgan fingerprint density at radius 3 is 2.52 bits per heavy atom. The summed E-state index contributed by atoms with van der Waals surface area (Å²) < 4.78 is 16.8. The van der Waals surface area contributed by atoms with E-state index in [1.165, 1.54) is 11.6 Å². The monoisotopic (exact) mass is 358 g/mol. The van der Waals surface area contributed by atoms with E-state index in [4.69, 9.17) is 13.4 Å². The molecule has 1 N–H and O–H groups in total. The Labute approximate surface area is 151 Å². The average molecular weight is 358 g/mol. The summed E-state index contributed by atoms with van der Waals surface area (Å²) in [4.78, 5) is 4.55. The van der Waals surface area contributed by atoms with Crippen molar-refractivity contribution in [2.75, 3.05) is 14.2 Å². The summed E-state index contributed by atoms with van der Waals surface area (Å²) in [6, 6.07) is 13.5. The van der Waals surface area contributed by atoms with Gasteiger partial charge in [0.15, 0.2) is 17.3 Å². The zero-order valence-electron chi connectivity index (χ0n) is 14.8. The lowest BCUT2D eigenvalue weighted by molar-refractivity contribution is 0.355. The van der Waals surface area contributed by atoms with Crippen LogP contribution >= 0.6 is 11.6 Å². The number of ether oxygens (including phenoxy) is 2. The summed E-state index contributed by atoms with van der Waals surface area (Å²) >= 11 is 1.25. The summed E-state index contributed by atoms with van der Waals surface area (Å²) in [6.07, 6.45) is 3.78. The predicted molar refractivity (Wildman–Crippen MR) is 104 cm³/mol. The van der Waals surface area contributed by atoms with Crippen LogP contribution in [0.1, 0.15) is 25.2 Å². The molecule has 1 aromatic heterocycles. The second kappa shape index (κ2) is 9.54. The molecule has 0 amide bonds. The van der Waals surface area contributed by atoms with Gasteiger partial charge in [-0.3, -0.25) is 0 Å². The number of methoxy groups -OCH3 is 2. The van der Waals surface area contributed by atoms with Gasteiger partial charge in [-0.2, -0.15) is 5.16 Å². The topological polar surface area (TPSA) is 60.3 Å². The first-order chi connectivity index (χ1) is 12.3. The van der Waals surface area contributed by atoms with E-state index < -0.39 is 0 Å². The number of para-hydroxylation sites is 1. The lowest BCUT2D eigenvalue weighted by Gasteiger charge is -2.07. The molecule has 0 aliphatic rings. The molecule has 5 nitrogen and oxygen atoms in total. The lowest BCUT2D eigenvalue weighted by Crippen LogP contribution is -1.90. The highest BCUT2D eigenvalue weighted by Crippen LogP contribution is 2.28. The van der Waals surface area contributed by atoms with Crippen molar-refractivity contribution in [3.8, 4) is 11.5 Å². The minimum absolute atomic E-state index is 0.622. The van der Waals surface area contributed by atoms with Gasteiger partial charge in [-0.15, -0.1) is 0 Å². The van der Waals surface area contributed by atoms with Crippen LogP contribution in [0.4, 0.5) is 0 Å². The van der Waals surface area contributed by atoms with E-state index in [-0.39, 0.29) is 0 Å². The number of benzene rings is 2. The highest BCUT2D eigenvalue weighted by atomic mass is 32.1.